The van der Waals surface area contributed by atoms with Crippen molar-refractivity contribution in [3.8, 4) is 0 Å². The zero-order chi connectivity index (χ0) is 13.1. The topological polar surface area (TPSA) is 41.1 Å². The Bertz CT molecular complexity index is 464. The molecule has 98 valence electrons. The Morgan fingerprint density at radius 1 is 1.39 bits per heavy atom. The molecule has 0 unspecified atom stereocenters. The van der Waals surface area contributed by atoms with Crippen molar-refractivity contribution in [3.63, 3.8) is 0 Å². The summed E-state index contributed by atoms with van der Waals surface area (Å²) in [6.07, 6.45) is 2.03. The number of carbonyl (C=O) groups is 1. The molecule has 2 N–H and O–H groups in total. The van der Waals surface area contributed by atoms with Gasteiger partial charge in [0.25, 0.3) is 0 Å². The lowest BCUT2D eigenvalue weighted by Crippen LogP contribution is -2.35. The molecule has 1 aliphatic carbocycles. The average Bonchev–Trinajstić information content (AvgIpc) is 3.12. The van der Waals surface area contributed by atoms with Crippen LogP contribution in [0, 0.1) is 11.6 Å². The highest BCUT2D eigenvalue weighted by atomic mass is 79.9. The third-order valence-corrected chi connectivity index (χ3v) is 3.28. The summed E-state index contributed by atoms with van der Waals surface area (Å²) in [4.78, 5) is 11.4. The number of rotatable bonds is 5. The Morgan fingerprint density at radius 3 is 2.78 bits per heavy atom. The van der Waals surface area contributed by atoms with E-state index in [1.165, 1.54) is 12.1 Å². The third kappa shape index (κ3) is 3.49. The molecule has 1 aromatic carbocycles. The molecular formula is C12H13BrF2N2O. The Morgan fingerprint density at radius 2 is 2.11 bits per heavy atom. The van der Waals surface area contributed by atoms with Crippen molar-refractivity contribution >= 4 is 21.8 Å². The van der Waals surface area contributed by atoms with Crippen molar-refractivity contribution in [3.05, 3.63) is 33.8 Å². The van der Waals surface area contributed by atoms with Crippen LogP contribution >= 0.6 is 15.9 Å². The van der Waals surface area contributed by atoms with Crippen molar-refractivity contribution < 1.29 is 13.6 Å². The number of amides is 1. The molecule has 0 heterocycles. The second-order valence-electron chi connectivity index (χ2n) is 4.27. The van der Waals surface area contributed by atoms with Crippen LogP contribution < -0.4 is 10.6 Å². The van der Waals surface area contributed by atoms with Crippen LogP contribution in [0.25, 0.3) is 0 Å². The number of hydrogen-bond donors (Lipinski definition) is 2. The van der Waals surface area contributed by atoms with Gasteiger partial charge in [-0.05, 0) is 40.9 Å². The van der Waals surface area contributed by atoms with E-state index >= 15 is 0 Å². The van der Waals surface area contributed by atoms with Gasteiger partial charge in [-0.2, -0.15) is 0 Å². The lowest BCUT2D eigenvalue weighted by atomic mass is 10.2. The van der Waals surface area contributed by atoms with Gasteiger partial charge in [-0.25, -0.2) is 8.78 Å². The van der Waals surface area contributed by atoms with Crippen LogP contribution in [-0.4, -0.2) is 18.5 Å². The molecule has 2 rings (SSSR count). The van der Waals surface area contributed by atoms with Crippen molar-refractivity contribution in [2.45, 2.75) is 25.4 Å². The van der Waals surface area contributed by atoms with E-state index in [2.05, 4.69) is 26.6 Å². The molecular weight excluding hydrogens is 306 g/mol. The molecule has 1 aliphatic rings. The van der Waals surface area contributed by atoms with E-state index in [9.17, 15) is 13.6 Å². The number of benzene rings is 1. The van der Waals surface area contributed by atoms with Crippen LogP contribution in [0.15, 0.2) is 16.6 Å². The second-order valence-corrected chi connectivity index (χ2v) is 5.12. The smallest absolute Gasteiger partial charge is 0.234 e. The van der Waals surface area contributed by atoms with E-state index < -0.39 is 11.6 Å². The van der Waals surface area contributed by atoms with Crippen LogP contribution in [0.5, 0.6) is 0 Å². The maximum Gasteiger partial charge on any atom is 0.234 e. The Labute approximate surface area is 112 Å². The van der Waals surface area contributed by atoms with Crippen LogP contribution in [0.1, 0.15) is 18.4 Å². The first-order valence-electron chi connectivity index (χ1n) is 5.70. The zero-order valence-corrected chi connectivity index (χ0v) is 11.2. The summed E-state index contributed by atoms with van der Waals surface area (Å²) < 4.78 is 27.2. The average molecular weight is 319 g/mol. The summed E-state index contributed by atoms with van der Waals surface area (Å²) in [6.45, 7) is 0.0388. The van der Waals surface area contributed by atoms with Gasteiger partial charge in [0.1, 0.15) is 11.6 Å². The monoisotopic (exact) mass is 318 g/mol. The van der Waals surface area contributed by atoms with E-state index in [1.807, 2.05) is 0 Å². The van der Waals surface area contributed by atoms with E-state index in [-0.39, 0.29) is 29.0 Å². The second kappa shape index (κ2) is 5.75. The van der Waals surface area contributed by atoms with E-state index in [0.717, 1.165) is 12.8 Å². The van der Waals surface area contributed by atoms with Gasteiger partial charge in [-0.15, -0.1) is 0 Å². The number of carbonyl (C=O) groups excluding carboxylic acids is 1. The highest BCUT2D eigenvalue weighted by molar-refractivity contribution is 9.10. The summed E-state index contributed by atoms with van der Waals surface area (Å²) in [7, 11) is 0. The molecule has 1 fully saturated rings. The van der Waals surface area contributed by atoms with Crippen LogP contribution in [0.3, 0.4) is 0 Å². The molecule has 0 atom stereocenters. The SMILES string of the molecule is O=C(CNCc1c(F)ccc(Br)c1F)NC1CC1. The normalized spacial score (nSPS) is 14.6. The lowest BCUT2D eigenvalue weighted by Gasteiger charge is -2.08. The molecule has 6 heteroatoms. The zero-order valence-electron chi connectivity index (χ0n) is 9.60. The molecule has 0 saturated heterocycles. The van der Waals surface area contributed by atoms with Crippen molar-refractivity contribution in [1.82, 2.24) is 10.6 Å². The van der Waals surface area contributed by atoms with Gasteiger partial charge in [0.15, 0.2) is 0 Å². The Kier molecular flexibility index (Phi) is 4.29. The molecule has 0 aliphatic heterocycles. The number of hydrogen-bond acceptors (Lipinski definition) is 2. The van der Waals surface area contributed by atoms with Gasteiger partial charge in [0.05, 0.1) is 11.0 Å². The molecule has 0 bridgehead atoms. The van der Waals surface area contributed by atoms with Gasteiger partial charge >= 0.3 is 0 Å². The van der Waals surface area contributed by atoms with Gasteiger partial charge in [0, 0.05) is 18.2 Å². The summed E-state index contributed by atoms with van der Waals surface area (Å²) in [5, 5.41) is 5.51. The highest BCUT2D eigenvalue weighted by Gasteiger charge is 2.22. The summed E-state index contributed by atoms with van der Waals surface area (Å²) in [5.74, 6) is -1.40. The molecule has 1 saturated carbocycles. The maximum atomic E-state index is 13.6. The number of halogens is 3. The summed E-state index contributed by atoms with van der Waals surface area (Å²) in [5.41, 5.74) is -0.0661. The molecule has 1 aromatic rings. The van der Waals surface area contributed by atoms with Crippen molar-refractivity contribution in [1.29, 1.82) is 0 Å². The molecule has 18 heavy (non-hydrogen) atoms. The molecule has 1 amide bonds. The fourth-order valence-electron chi connectivity index (χ4n) is 1.54. The van der Waals surface area contributed by atoms with Gasteiger partial charge < -0.3 is 10.6 Å². The fraction of sp³-hybridized carbons (Fsp3) is 0.417. The largest absolute Gasteiger partial charge is 0.352 e. The van der Waals surface area contributed by atoms with Gasteiger partial charge in [-0.3, -0.25) is 4.79 Å². The first-order valence-corrected chi connectivity index (χ1v) is 6.49. The minimum absolute atomic E-state index is 0.0187. The Balaban J connectivity index is 1.85. The van der Waals surface area contributed by atoms with Crippen LogP contribution in [0.4, 0.5) is 8.78 Å². The quantitative estimate of drug-likeness (QED) is 0.816. The van der Waals surface area contributed by atoms with Gasteiger partial charge in [-0.1, -0.05) is 0 Å². The van der Waals surface area contributed by atoms with Crippen LogP contribution in [0.2, 0.25) is 0 Å². The molecule has 3 nitrogen and oxygen atoms in total. The fourth-order valence-corrected chi connectivity index (χ4v) is 1.91. The maximum absolute atomic E-state index is 13.6. The van der Waals surface area contributed by atoms with E-state index in [0.29, 0.717) is 6.04 Å². The molecule has 0 aromatic heterocycles. The first kappa shape index (κ1) is 13.4. The predicted molar refractivity (Wildman–Crippen MR) is 66.9 cm³/mol. The third-order valence-electron chi connectivity index (χ3n) is 2.67. The lowest BCUT2D eigenvalue weighted by molar-refractivity contribution is -0.120. The summed E-state index contributed by atoms with van der Waals surface area (Å²) >= 11 is 2.99. The predicted octanol–water partition coefficient (Wildman–Crippen LogP) is 2.10. The highest BCUT2D eigenvalue weighted by Crippen LogP contribution is 2.21. The number of nitrogens with one attached hydrogen (secondary N) is 2. The van der Waals surface area contributed by atoms with E-state index in [1.54, 1.807) is 0 Å². The minimum atomic E-state index is -0.634. The van der Waals surface area contributed by atoms with E-state index in [4.69, 9.17) is 0 Å². The van der Waals surface area contributed by atoms with Crippen LogP contribution in [-0.2, 0) is 11.3 Å². The molecule has 0 radical (unpaired) electrons. The van der Waals surface area contributed by atoms with Gasteiger partial charge in [0.2, 0.25) is 5.91 Å². The standard InChI is InChI=1S/C12H13BrF2N2O/c13-9-3-4-10(14)8(12(9)15)5-16-6-11(18)17-7-1-2-7/h3-4,7,16H,1-2,5-6H2,(H,17,18). The van der Waals surface area contributed by atoms with Crippen molar-refractivity contribution in [2.24, 2.45) is 0 Å². The Hall–Kier alpha value is -1.01. The van der Waals surface area contributed by atoms with Crippen molar-refractivity contribution in [2.75, 3.05) is 6.54 Å². The molecule has 0 spiro atoms. The first-order chi connectivity index (χ1) is 8.58. The minimum Gasteiger partial charge on any atom is -0.352 e. The summed E-state index contributed by atoms with van der Waals surface area (Å²) in [6, 6.07) is 2.79.